The second-order valence-corrected chi connectivity index (χ2v) is 6.20. The molecule has 2 heterocycles. The van der Waals surface area contributed by atoms with E-state index < -0.39 is 29.1 Å². The van der Waals surface area contributed by atoms with Gasteiger partial charge in [-0.3, -0.25) is 9.36 Å². The number of nitrogens with zero attached hydrogens (tertiary/aromatic N) is 3. The molecule has 0 aliphatic rings. The summed E-state index contributed by atoms with van der Waals surface area (Å²) in [5.41, 5.74) is 9.67. The topological polar surface area (TPSA) is 131 Å². The van der Waals surface area contributed by atoms with Gasteiger partial charge in [-0.15, -0.1) is 0 Å². The van der Waals surface area contributed by atoms with E-state index in [9.17, 15) is 28.3 Å². The zero-order chi connectivity index (χ0) is 21.0. The third-order valence-electron chi connectivity index (χ3n) is 4.45. The molecule has 3 aromatic rings. The molecule has 0 aliphatic heterocycles. The lowest BCUT2D eigenvalue weighted by Gasteiger charge is -2.19. The molecule has 0 saturated heterocycles. The Morgan fingerprint density at radius 3 is 2.50 bits per heavy atom. The molecule has 0 unspecified atom stereocenters. The van der Waals surface area contributed by atoms with Gasteiger partial charge in [-0.2, -0.15) is 18.4 Å². The van der Waals surface area contributed by atoms with Crippen molar-refractivity contribution in [1.82, 2.24) is 9.55 Å². The highest BCUT2D eigenvalue weighted by atomic mass is 19.4. The monoisotopic (exact) mass is 389 g/mol. The molecule has 0 spiro atoms. The van der Waals surface area contributed by atoms with Gasteiger partial charge in [-0.05, 0) is 37.6 Å². The number of halogens is 3. The summed E-state index contributed by atoms with van der Waals surface area (Å²) < 4.78 is 41.9. The molecular formula is C18H14F3N5O2. The number of nitrogens with two attached hydrogens (primary N) is 2. The van der Waals surface area contributed by atoms with Gasteiger partial charge in [0, 0.05) is 10.9 Å². The number of hydrogen-bond acceptors (Lipinski definition) is 5. The van der Waals surface area contributed by atoms with Crippen molar-refractivity contribution in [1.29, 1.82) is 5.26 Å². The lowest BCUT2D eigenvalue weighted by Crippen LogP contribution is -2.16. The number of rotatable bonds is 2. The van der Waals surface area contributed by atoms with Gasteiger partial charge in [0.05, 0.1) is 16.8 Å². The molecule has 28 heavy (non-hydrogen) atoms. The predicted octanol–water partition coefficient (Wildman–Crippen LogP) is 2.92. The van der Waals surface area contributed by atoms with E-state index in [-0.39, 0.29) is 33.7 Å². The second kappa shape index (κ2) is 6.16. The maximum atomic E-state index is 13.7. The standard InChI is InChI=1S/C18H14F3N5O2/c1-7-5-9-13(16(24)28)15(23)26(17(9)25-11(7)6-22)14-8(2)12(27)4-3-10(14)18(19,20)21/h3-5,27H,23H2,1-2H3,(H2,24,28). The highest BCUT2D eigenvalue weighted by Gasteiger charge is 2.37. The predicted molar refractivity (Wildman–Crippen MR) is 94.9 cm³/mol. The van der Waals surface area contributed by atoms with Crippen LogP contribution in [0.1, 0.15) is 32.7 Å². The average Bonchev–Trinajstić information content (AvgIpc) is 2.86. The van der Waals surface area contributed by atoms with Gasteiger partial charge < -0.3 is 16.6 Å². The normalized spacial score (nSPS) is 11.6. The number of alkyl halides is 3. The molecule has 1 aromatic carbocycles. The molecule has 144 valence electrons. The quantitative estimate of drug-likeness (QED) is 0.620. The number of nitriles is 1. The van der Waals surface area contributed by atoms with E-state index in [0.29, 0.717) is 11.6 Å². The van der Waals surface area contributed by atoms with Crippen molar-refractivity contribution in [3.05, 3.63) is 46.1 Å². The number of nitrogen functional groups attached to an aromatic ring is 1. The number of carbonyl (C=O) groups is 1. The van der Waals surface area contributed by atoms with Gasteiger partial charge in [0.15, 0.2) is 0 Å². The molecule has 2 aromatic heterocycles. The maximum Gasteiger partial charge on any atom is 0.418 e. The molecule has 0 bridgehead atoms. The fraction of sp³-hybridized carbons (Fsp3) is 0.167. The number of anilines is 1. The smallest absolute Gasteiger partial charge is 0.418 e. The number of aromatic hydroxyl groups is 1. The molecule has 7 nitrogen and oxygen atoms in total. The van der Waals surface area contributed by atoms with Crippen molar-refractivity contribution in [2.45, 2.75) is 20.0 Å². The summed E-state index contributed by atoms with van der Waals surface area (Å²) >= 11 is 0. The number of carbonyl (C=O) groups excluding carboxylic acids is 1. The molecule has 5 N–H and O–H groups in total. The number of hydrogen-bond donors (Lipinski definition) is 3. The van der Waals surface area contributed by atoms with Crippen LogP contribution >= 0.6 is 0 Å². The van der Waals surface area contributed by atoms with Crippen molar-refractivity contribution in [2.75, 3.05) is 5.73 Å². The Kier molecular flexibility index (Phi) is 4.19. The van der Waals surface area contributed by atoms with Gasteiger partial charge >= 0.3 is 6.18 Å². The van der Waals surface area contributed by atoms with Crippen LogP contribution in [0.2, 0.25) is 0 Å². The van der Waals surface area contributed by atoms with E-state index in [1.807, 2.05) is 6.07 Å². The van der Waals surface area contributed by atoms with Crippen molar-refractivity contribution >= 4 is 22.8 Å². The third-order valence-corrected chi connectivity index (χ3v) is 4.45. The number of primary amides is 1. The molecule has 1 amide bonds. The Morgan fingerprint density at radius 1 is 1.32 bits per heavy atom. The van der Waals surface area contributed by atoms with Gasteiger partial charge in [0.2, 0.25) is 0 Å². The van der Waals surface area contributed by atoms with E-state index in [1.165, 1.54) is 13.0 Å². The summed E-state index contributed by atoms with van der Waals surface area (Å²) in [7, 11) is 0. The fourth-order valence-electron chi connectivity index (χ4n) is 3.13. The minimum Gasteiger partial charge on any atom is -0.508 e. The molecule has 3 rings (SSSR count). The maximum absolute atomic E-state index is 13.7. The highest BCUT2D eigenvalue weighted by Crippen LogP contribution is 2.42. The minimum absolute atomic E-state index is 0.0476. The average molecular weight is 389 g/mol. The Morgan fingerprint density at radius 2 is 1.96 bits per heavy atom. The second-order valence-electron chi connectivity index (χ2n) is 6.20. The zero-order valence-electron chi connectivity index (χ0n) is 14.7. The number of phenolic OH excluding ortho intramolecular Hbond substituents is 1. The van der Waals surface area contributed by atoms with Gasteiger partial charge in [-0.1, -0.05) is 0 Å². The molecular weight excluding hydrogens is 375 g/mol. The molecule has 0 fully saturated rings. The van der Waals surface area contributed by atoms with E-state index in [2.05, 4.69) is 4.98 Å². The molecule has 0 atom stereocenters. The van der Waals surface area contributed by atoms with Crippen LogP contribution in [0.4, 0.5) is 19.0 Å². The summed E-state index contributed by atoms with van der Waals surface area (Å²) in [6.07, 6.45) is -4.79. The van der Waals surface area contributed by atoms with Gasteiger partial charge in [-0.25, -0.2) is 4.98 Å². The van der Waals surface area contributed by atoms with Crippen molar-refractivity contribution in [3.8, 4) is 17.5 Å². The first-order valence-corrected chi connectivity index (χ1v) is 7.90. The van der Waals surface area contributed by atoms with Crippen molar-refractivity contribution < 1.29 is 23.1 Å². The summed E-state index contributed by atoms with van der Waals surface area (Å²) in [4.78, 5) is 16.0. The van der Waals surface area contributed by atoms with E-state index in [0.717, 1.165) is 10.6 Å². The van der Waals surface area contributed by atoms with Crippen molar-refractivity contribution in [2.24, 2.45) is 5.73 Å². The van der Waals surface area contributed by atoms with Crippen LogP contribution in [0, 0.1) is 25.2 Å². The number of benzene rings is 1. The molecule has 0 aliphatic carbocycles. The lowest BCUT2D eigenvalue weighted by molar-refractivity contribution is -0.137. The zero-order valence-corrected chi connectivity index (χ0v) is 14.7. The number of aryl methyl sites for hydroxylation is 1. The Hall–Kier alpha value is -3.74. The highest BCUT2D eigenvalue weighted by molar-refractivity contribution is 6.11. The number of fused-ring (bicyclic) bond motifs is 1. The van der Waals surface area contributed by atoms with E-state index in [1.54, 1.807) is 6.92 Å². The summed E-state index contributed by atoms with van der Waals surface area (Å²) in [6, 6.07) is 4.87. The van der Waals surface area contributed by atoms with Crippen LogP contribution < -0.4 is 11.5 Å². The van der Waals surface area contributed by atoms with Crippen LogP contribution in [0.25, 0.3) is 16.7 Å². The van der Waals surface area contributed by atoms with Crippen LogP contribution in [0.3, 0.4) is 0 Å². The first-order chi connectivity index (χ1) is 13.0. The number of pyridine rings is 1. The fourth-order valence-corrected chi connectivity index (χ4v) is 3.13. The van der Waals surface area contributed by atoms with E-state index in [4.69, 9.17) is 11.5 Å². The number of phenols is 1. The van der Waals surface area contributed by atoms with Crippen LogP contribution in [-0.2, 0) is 6.18 Å². The minimum atomic E-state index is -4.79. The Balaban J connectivity index is 2.60. The summed E-state index contributed by atoms with van der Waals surface area (Å²) in [6.45, 7) is 2.83. The van der Waals surface area contributed by atoms with E-state index >= 15 is 0 Å². The molecule has 0 radical (unpaired) electrons. The Bertz CT molecular complexity index is 1190. The third kappa shape index (κ3) is 2.68. The summed E-state index contributed by atoms with van der Waals surface area (Å²) in [5.74, 6) is -1.74. The van der Waals surface area contributed by atoms with Gasteiger partial charge in [0.1, 0.15) is 29.0 Å². The first-order valence-electron chi connectivity index (χ1n) is 7.90. The van der Waals surface area contributed by atoms with Crippen LogP contribution in [0.5, 0.6) is 5.75 Å². The van der Waals surface area contributed by atoms with Crippen LogP contribution in [-0.4, -0.2) is 20.6 Å². The molecule has 10 heteroatoms. The number of amides is 1. The lowest BCUT2D eigenvalue weighted by atomic mass is 10.1. The van der Waals surface area contributed by atoms with Gasteiger partial charge in [0.25, 0.3) is 5.91 Å². The van der Waals surface area contributed by atoms with Crippen LogP contribution in [0.15, 0.2) is 18.2 Å². The molecule has 0 saturated carbocycles. The first kappa shape index (κ1) is 19.0. The largest absolute Gasteiger partial charge is 0.508 e. The summed E-state index contributed by atoms with van der Waals surface area (Å²) in [5, 5.41) is 19.3. The number of aromatic nitrogens is 2. The Labute approximate surface area is 156 Å². The SMILES string of the molecule is Cc1cc2c(C(N)=O)c(N)n(-c3c(C(F)(F)F)ccc(O)c3C)c2nc1C#N. The van der Waals surface area contributed by atoms with Crippen molar-refractivity contribution in [3.63, 3.8) is 0 Å².